The van der Waals surface area contributed by atoms with Gasteiger partial charge in [-0.15, -0.1) is 6.58 Å². The molecule has 2 aliphatic carbocycles. The molecule has 5 rings (SSSR count). The highest BCUT2D eigenvalue weighted by Crippen LogP contribution is 2.62. The zero-order valence-corrected chi connectivity index (χ0v) is 39.1. The molecule has 0 aromatic heterocycles. The van der Waals surface area contributed by atoms with Gasteiger partial charge in [0.25, 0.3) is 5.69 Å². The van der Waals surface area contributed by atoms with Crippen LogP contribution in [0.5, 0.6) is 11.5 Å². The monoisotopic (exact) mass is 922 g/mol. The highest BCUT2D eigenvalue weighted by atomic mass is 16.7. The fourth-order valence-electron chi connectivity index (χ4n) is 10.1. The first kappa shape index (κ1) is 52.4. The minimum absolute atomic E-state index is 0.0117. The number of carbonyl (C=O) groups excluding carboxylic acids is 1. The molecule has 1 aliphatic heterocycles. The van der Waals surface area contributed by atoms with Crippen LogP contribution in [0.25, 0.3) is 0 Å². The number of benzene rings is 2. The largest absolute Gasteiger partial charge is 0.508 e. The van der Waals surface area contributed by atoms with Crippen molar-refractivity contribution in [2.75, 3.05) is 52.8 Å². The van der Waals surface area contributed by atoms with E-state index in [0.29, 0.717) is 36.3 Å². The molecule has 366 valence electrons. The van der Waals surface area contributed by atoms with E-state index < -0.39 is 28.8 Å². The number of aliphatic hydroxyl groups is 3. The molecule has 3 aliphatic rings. The van der Waals surface area contributed by atoms with Gasteiger partial charge < -0.3 is 44.2 Å². The van der Waals surface area contributed by atoms with Gasteiger partial charge >= 0.3 is 6.09 Å². The van der Waals surface area contributed by atoms with E-state index >= 15 is 0 Å². The summed E-state index contributed by atoms with van der Waals surface area (Å²) in [6, 6.07) is 10.3. The molecule has 0 bridgehead atoms. The lowest BCUT2D eigenvalue weighted by Crippen LogP contribution is -2.70. The predicted octanol–water partition coefficient (Wildman–Crippen LogP) is 9.50. The fourth-order valence-corrected chi connectivity index (χ4v) is 10.1. The Kier molecular flexibility index (Phi) is 22.2. The van der Waals surface area contributed by atoms with E-state index in [0.717, 1.165) is 56.1 Å². The van der Waals surface area contributed by atoms with E-state index in [4.69, 9.17) is 28.9 Å². The molecule has 1 amide bonds. The first-order chi connectivity index (χ1) is 32.2. The minimum atomic E-state index is -1.54. The molecule has 2 aromatic carbocycles. The number of hydrogen-bond acceptors (Lipinski definition) is 13. The third-order valence-corrected chi connectivity index (χ3v) is 13.3. The number of nitrogens with zero attached hydrogens (tertiary/aromatic N) is 3. The van der Waals surface area contributed by atoms with Gasteiger partial charge in [-0.3, -0.25) is 15.0 Å². The summed E-state index contributed by atoms with van der Waals surface area (Å²) in [5, 5.41) is 56.6. The third-order valence-electron chi connectivity index (χ3n) is 13.3. The number of oxime groups is 1. The number of hydrogen-bond donors (Lipinski definition) is 4. The molecule has 0 radical (unpaired) electrons. The number of fused-ring (bicyclic) bond motifs is 2. The number of unbranched alkanes of at least 4 members (excludes halogenated alkanes) is 11. The highest BCUT2D eigenvalue weighted by molar-refractivity contribution is 6.03. The summed E-state index contributed by atoms with van der Waals surface area (Å²) in [6.07, 6.45) is 19.0. The number of aliphatic hydroxyl groups excluding tert-OH is 3. The molecule has 66 heavy (non-hydrogen) atoms. The van der Waals surface area contributed by atoms with E-state index in [1.54, 1.807) is 41.3 Å². The minimum Gasteiger partial charge on any atom is -0.508 e. The number of allylic oxidation sites excluding steroid dienone is 1. The number of phenols is 1. The molecule has 0 spiro atoms. The van der Waals surface area contributed by atoms with Crippen LogP contribution in [-0.2, 0) is 25.7 Å². The Balaban J connectivity index is 1.58. The third kappa shape index (κ3) is 14.2. The number of ether oxygens (including phenoxy) is 4. The Hall–Kier alpha value is -4.54. The van der Waals surface area contributed by atoms with Gasteiger partial charge in [-0.1, -0.05) is 94.9 Å². The van der Waals surface area contributed by atoms with Gasteiger partial charge in [0.2, 0.25) is 5.79 Å². The maximum atomic E-state index is 14.7. The van der Waals surface area contributed by atoms with Crippen molar-refractivity contribution in [1.82, 2.24) is 4.90 Å². The van der Waals surface area contributed by atoms with Crippen LogP contribution >= 0.6 is 0 Å². The molecule has 6 unspecified atom stereocenters. The average molecular weight is 922 g/mol. The number of nitro groups is 1. The molecular weight excluding hydrogens is 847 g/mol. The molecule has 2 aromatic rings. The summed E-state index contributed by atoms with van der Waals surface area (Å²) in [6.45, 7) is 6.67. The molecule has 15 heteroatoms. The normalized spacial score (nSPS) is 22.5. The lowest BCUT2D eigenvalue weighted by Gasteiger charge is -2.59. The van der Waals surface area contributed by atoms with Crippen molar-refractivity contribution < 1.29 is 53.9 Å². The Morgan fingerprint density at radius 3 is 2.27 bits per heavy atom. The quantitative estimate of drug-likeness (QED) is 0.0235. The van der Waals surface area contributed by atoms with Crippen LogP contribution in [0.1, 0.15) is 133 Å². The van der Waals surface area contributed by atoms with Crippen molar-refractivity contribution >= 4 is 17.5 Å². The number of phenolic OH excluding ortho intramolecular Hbond substituents is 1. The van der Waals surface area contributed by atoms with Crippen molar-refractivity contribution in [2.24, 2.45) is 22.9 Å². The number of amides is 1. The Morgan fingerprint density at radius 1 is 0.909 bits per heavy atom. The Labute approximate surface area is 390 Å². The van der Waals surface area contributed by atoms with Gasteiger partial charge in [-0.25, -0.2) is 4.79 Å². The zero-order chi connectivity index (χ0) is 47.2. The van der Waals surface area contributed by atoms with Crippen molar-refractivity contribution in [3.8, 4) is 11.5 Å². The van der Waals surface area contributed by atoms with Crippen LogP contribution in [0.2, 0.25) is 0 Å². The second kappa shape index (κ2) is 27.9. The van der Waals surface area contributed by atoms with Gasteiger partial charge in [-0.2, -0.15) is 0 Å². The van der Waals surface area contributed by atoms with Crippen molar-refractivity contribution in [3.63, 3.8) is 0 Å². The topological polar surface area (TPSA) is 203 Å². The van der Waals surface area contributed by atoms with E-state index in [9.17, 15) is 35.3 Å². The van der Waals surface area contributed by atoms with Gasteiger partial charge in [0, 0.05) is 49.8 Å². The van der Waals surface area contributed by atoms with Gasteiger partial charge in [0.15, 0.2) is 0 Å². The summed E-state index contributed by atoms with van der Waals surface area (Å²) >= 11 is 0. The van der Waals surface area contributed by atoms with Crippen LogP contribution in [0.3, 0.4) is 0 Å². The van der Waals surface area contributed by atoms with Gasteiger partial charge in [0.05, 0.1) is 49.6 Å². The van der Waals surface area contributed by atoms with Crippen LogP contribution in [0.15, 0.2) is 71.9 Å². The Bertz CT molecular complexity index is 1860. The molecule has 0 saturated heterocycles. The van der Waals surface area contributed by atoms with Crippen LogP contribution in [-0.4, -0.2) is 107 Å². The van der Waals surface area contributed by atoms with E-state index in [1.165, 1.54) is 50.7 Å². The summed E-state index contributed by atoms with van der Waals surface area (Å²) in [4.78, 5) is 33.3. The SMILES string of the molecule is C=CCOC12Oc3ccc(O)cc3C3C(CCCCO)C(CCCCO)C=C(C(=NOCc4ccc([N+](=O)[O-])cc4)CC1N(CCOCCO)C(=O)OCCCCCCCCCCCC)C32. The smallest absolute Gasteiger partial charge is 0.410 e. The number of rotatable bonds is 32. The molecule has 1 heterocycles. The summed E-state index contributed by atoms with van der Waals surface area (Å²) in [7, 11) is 0. The predicted molar refractivity (Wildman–Crippen MR) is 252 cm³/mol. The van der Waals surface area contributed by atoms with Gasteiger partial charge in [0.1, 0.15) is 24.1 Å². The second-order valence-corrected chi connectivity index (χ2v) is 17.8. The summed E-state index contributed by atoms with van der Waals surface area (Å²) in [5.41, 5.74) is 2.80. The first-order valence-corrected chi connectivity index (χ1v) is 24.5. The first-order valence-electron chi connectivity index (χ1n) is 24.5. The van der Waals surface area contributed by atoms with Crippen LogP contribution in [0, 0.1) is 27.9 Å². The molecule has 4 N–H and O–H groups in total. The Morgan fingerprint density at radius 2 is 1.61 bits per heavy atom. The number of non-ortho nitro benzene ring substituents is 1. The molecule has 15 nitrogen and oxygen atoms in total. The second-order valence-electron chi connectivity index (χ2n) is 17.8. The molecule has 6 atom stereocenters. The van der Waals surface area contributed by atoms with Crippen molar-refractivity contribution in [3.05, 3.63) is 88.0 Å². The highest BCUT2D eigenvalue weighted by Gasteiger charge is 2.65. The molecule has 1 saturated carbocycles. The van der Waals surface area contributed by atoms with Crippen molar-refractivity contribution in [1.29, 1.82) is 0 Å². The molecular formula is C51H75N3O12. The van der Waals surface area contributed by atoms with Gasteiger partial charge in [-0.05, 0) is 85.4 Å². The lowest BCUT2D eigenvalue weighted by molar-refractivity contribution is -0.384. The fraction of sp³-hybridized carbons (Fsp3) is 0.647. The maximum Gasteiger partial charge on any atom is 0.410 e. The van der Waals surface area contributed by atoms with E-state index in [-0.39, 0.29) is 95.0 Å². The summed E-state index contributed by atoms with van der Waals surface area (Å²) in [5.74, 6) is -1.93. The standard InChI is InChI=1S/C51H75N3O12/c1-3-5-6-7-8-9-10-11-12-17-31-63-50(59)53(26-32-62-33-29-57)47-36-45(52-65-37-38-20-22-40(23-21-38)54(60)61)43-34-39(18-13-15-27-55)42(19-14-16-28-56)48-44-35-41(58)24-25-46(44)66-51(47,49(43)48)64-30-4-2/h4,20-25,34-35,39,42,47-49,55-58H,2-3,5-19,26-33,36-37H2,1H3. The van der Waals surface area contributed by atoms with E-state index in [1.807, 2.05) is 0 Å². The number of aromatic hydroxyl groups is 1. The zero-order valence-electron chi connectivity index (χ0n) is 39.1. The lowest BCUT2D eigenvalue weighted by atomic mass is 9.55. The van der Waals surface area contributed by atoms with Crippen LogP contribution < -0.4 is 4.74 Å². The number of carbonyl (C=O) groups is 1. The maximum absolute atomic E-state index is 14.7. The van der Waals surface area contributed by atoms with E-state index in [2.05, 4.69) is 19.6 Å². The van der Waals surface area contributed by atoms with Crippen molar-refractivity contribution in [2.45, 2.75) is 140 Å². The molecule has 1 fully saturated rings. The van der Waals surface area contributed by atoms with Crippen LogP contribution in [0.4, 0.5) is 10.5 Å². The summed E-state index contributed by atoms with van der Waals surface area (Å²) < 4.78 is 26.1. The average Bonchev–Trinajstić information content (AvgIpc) is 3.31. The number of nitro benzene ring substituents is 1.